The Morgan fingerprint density at radius 3 is 2.79 bits per heavy atom. The van der Waals surface area contributed by atoms with Crippen molar-refractivity contribution in [2.75, 3.05) is 18.2 Å². The number of ether oxygens (including phenoxy) is 1. The minimum absolute atomic E-state index is 0.0830. The average molecular weight is 262 g/mol. The fourth-order valence-corrected chi connectivity index (χ4v) is 2.72. The predicted molar refractivity (Wildman–Crippen MR) is 72.8 cm³/mol. The first-order valence-electron chi connectivity index (χ1n) is 6.34. The summed E-state index contributed by atoms with van der Waals surface area (Å²) >= 11 is 0. The topological polar surface area (TPSA) is 86.2 Å². The lowest BCUT2D eigenvalue weighted by Gasteiger charge is -2.51. The summed E-state index contributed by atoms with van der Waals surface area (Å²) in [6.45, 7) is 4.38. The van der Waals surface area contributed by atoms with Crippen LogP contribution in [-0.2, 0) is 4.74 Å². The number of nitrogen functional groups attached to an aromatic ring is 1. The van der Waals surface area contributed by atoms with Crippen molar-refractivity contribution in [3.63, 3.8) is 0 Å². The van der Waals surface area contributed by atoms with Gasteiger partial charge in [-0.1, -0.05) is 13.8 Å². The second-order valence-electron chi connectivity index (χ2n) is 5.64. The van der Waals surface area contributed by atoms with Gasteiger partial charge in [-0.3, -0.25) is 0 Å². The van der Waals surface area contributed by atoms with Crippen LogP contribution in [0.3, 0.4) is 0 Å². The zero-order chi connectivity index (χ0) is 13.6. The Balaban J connectivity index is 1.87. The first kappa shape index (κ1) is 12.2. The molecule has 2 unspecified atom stereocenters. The molecule has 0 saturated heterocycles. The Morgan fingerprint density at radius 2 is 2.11 bits per heavy atom. The SMILES string of the molecule is COC1CC(Nc2ccc(N)c3nonc23)C1(C)C. The van der Waals surface area contributed by atoms with E-state index in [0.29, 0.717) is 22.8 Å². The highest BCUT2D eigenvalue weighted by molar-refractivity contribution is 5.95. The number of rotatable bonds is 3. The normalized spacial score (nSPS) is 25.2. The van der Waals surface area contributed by atoms with Crippen LogP contribution in [0.1, 0.15) is 20.3 Å². The van der Waals surface area contributed by atoms with E-state index < -0.39 is 0 Å². The maximum atomic E-state index is 5.83. The van der Waals surface area contributed by atoms with E-state index in [9.17, 15) is 0 Å². The van der Waals surface area contributed by atoms with Gasteiger partial charge in [-0.05, 0) is 28.9 Å². The highest BCUT2D eigenvalue weighted by Crippen LogP contribution is 2.44. The maximum absolute atomic E-state index is 5.83. The van der Waals surface area contributed by atoms with Crippen molar-refractivity contribution in [1.29, 1.82) is 0 Å². The van der Waals surface area contributed by atoms with E-state index in [1.54, 1.807) is 7.11 Å². The summed E-state index contributed by atoms with van der Waals surface area (Å²) in [5.41, 5.74) is 8.67. The molecule has 0 bridgehead atoms. The molecule has 1 fully saturated rings. The lowest BCUT2D eigenvalue weighted by Crippen LogP contribution is -2.57. The highest BCUT2D eigenvalue weighted by atomic mass is 16.6. The van der Waals surface area contributed by atoms with Crippen molar-refractivity contribution in [3.8, 4) is 0 Å². The summed E-state index contributed by atoms with van der Waals surface area (Å²) in [6, 6.07) is 4.06. The summed E-state index contributed by atoms with van der Waals surface area (Å²) in [5.74, 6) is 0. The van der Waals surface area contributed by atoms with E-state index >= 15 is 0 Å². The summed E-state index contributed by atoms with van der Waals surface area (Å²) in [5, 5.41) is 11.2. The Morgan fingerprint density at radius 1 is 1.37 bits per heavy atom. The van der Waals surface area contributed by atoms with Crippen LogP contribution >= 0.6 is 0 Å². The van der Waals surface area contributed by atoms with E-state index in [-0.39, 0.29) is 11.5 Å². The number of aromatic nitrogens is 2. The van der Waals surface area contributed by atoms with Crippen molar-refractivity contribution < 1.29 is 9.37 Å². The van der Waals surface area contributed by atoms with Gasteiger partial charge in [0.05, 0.1) is 17.5 Å². The third kappa shape index (κ3) is 1.74. The molecular weight excluding hydrogens is 244 g/mol. The third-order valence-corrected chi connectivity index (χ3v) is 4.24. The standard InChI is InChI=1S/C13H18N4O2/c1-13(2)9(6-10(13)18-3)15-8-5-4-7(14)11-12(8)17-19-16-11/h4-5,9-10,15H,6,14H2,1-3H3. The van der Waals surface area contributed by atoms with Gasteiger partial charge in [-0.15, -0.1) is 0 Å². The van der Waals surface area contributed by atoms with E-state index in [1.807, 2.05) is 12.1 Å². The van der Waals surface area contributed by atoms with Crippen molar-refractivity contribution in [3.05, 3.63) is 12.1 Å². The molecule has 0 aliphatic heterocycles. The molecule has 2 atom stereocenters. The largest absolute Gasteiger partial charge is 0.397 e. The number of benzene rings is 1. The fraction of sp³-hybridized carbons (Fsp3) is 0.538. The second kappa shape index (κ2) is 4.09. The van der Waals surface area contributed by atoms with Crippen LogP contribution in [0.2, 0.25) is 0 Å². The van der Waals surface area contributed by atoms with Crippen LogP contribution in [0.4, 0.5) is 11.4 Å². The minimum atomic E-state index is 0.0830. The van der Waals surface area contributed by atoms with Gasteiger partial charge in [0.2, 0.25) is 0 Å². The Labute approximate surface area is 111 Å². The van der Waals surface area contributed by atoms with Gasteiger partial charge < -0.3 is 15.8 Å². The van der Waals surface area contributed by atoms with Crippen LogP contribution in [0.25, 0.3) is 11.0 Å². The van der Waals surface area contributed by atoms with Gasteiger partial charge in [-0.2, -0.15) is 0 Å². The number of hydrogen-bond donors (Lipinski definition) is 2. The van der Waals surface area contributed by atoms with Gasteiger partial charge in [-0.25, -0.2) is 4.63 Å². The number of nitrogens with two attached hydrogens (primary N) is 1. The molecule has 19 heavy (non-hydrogen) atoms. The monoisotopic (exact) mass is 262 g/mol. The summed E-state index contributed by atoms with van der Waals surface area (Å²) in [4.78, 5) is 0. The van der Waals surface area contributed by atoms with E-state index in [1.165, 1.54) is 0 Å². The Kier molecular flexibility index (Phi) is 2.63. The second-order valence-corrected chi connectivity index (χ2v) is 5.64. The molecule has 1 saturated carbocycles. The fourth-order valence-electron chi connectivity index (χ4n) is 2.72. The quantitative estimate of drug-likeness (QED) is 0.823. The van der Waals surface area contributed by atoms with Gasteiger partial charge in [0.15, 0.2) is 11.0 Å². The highest BCUT2D eigenvalue weighted by Gasteiger charge is 2.48. The summed E-state index contributed by atoms with van der Waals surface area (Å²) in [6.07, 6.45) is 1.26. The molecule has 1 aliphatic carbocycles. The van der Waals surface area contributed by atoms with Crippen LogP contribution in [0.15, 0.2) is 16.8 Å². The van der Waals surface area contributed by atoms with Crippen molar-refractivity contribution >= 4 is 22.4 Å². The zero-order valence-electron chi connectivity index (χ0n) is 11.3. The summed E-state index contributed by atoms with van der Waals surface area (Å²) < 4.78 is 10.2. The molecule has 3 rings (SSSR count). The van der Waals surface area contributed by atoms with Crippen molar-refractivity contribution in [2.24, 2.45) is 5.41 Å². The smallest absolute Gasteiger partial charge is 0.160 e. The van der Waals surface area contributed by atoms with E-state index in [0.717, 1.165) is 12.1 Å². The van der Waals surface area contributed by atoms with Crippen LogP contribution in [0, 0.1) is 5.41 Å². The molecular formula is C13H18N4O2. The third-order valence-electron chi connectivity index (χ3n) is 4.24. The molecule has 6 heteroatoms. The van der Waals surface area contributed by atoms with Gasteiger partial charge >= 0.3 is 0 Å². The lowest BCUT2D eigenvalue weighted by molar-refractivity contribution is -0.0794. The summed E-state index contributed by atoms with van der Waals surface area (Å²) in [7, 11) is 1.76. The molecule has 0 spiro atoms. The first-order valence-corrected chi connectivity index (χ1v) is 6.34. The molecule has 2 aromatic rings. The molecule has 1 aromatic heterocycles. The Hall–Kier alpha value is -1.82. The molecule has 102 valence electrons. The van der Waals surface area contributed by atoms with Crippen LogP contribution < -0.4 is 11.1 Å². The minimum Gasteiger partial charge on any atom is -0.397 e. The lowest BCUT2D eigenvalue weighted by atomic mass is 9.64. The van der Waals surface area contributed by atoms with Crippen LogP contribution in [-0.4, -0.2) is 29.6 Å². The number of hydrogen-bond acceptors (Lipinski definition) is 6. The predicted octanol–water partition coefficient (Wildman–Crippen LogP) is 2.03. The number of anilines is 2. The number of nitrogens with zero attached hydrogens (tertiary/aromatic N) is 2. The average Bonchev–Trinajstić information content (AvgIpc) is 2.86. The number of fused-ring (bicyclic) bond motifs is 1. The van der Waals surface area contributed by atoms with Gasteiger partial charge in [0, 0.05) is 18.6 Å². The van der Waals surface area contributed by atoms with Crippen molar-refractivity contribution in [1.82, 2.24) is 10.3 Å². The van der Waals surface area contributed by atoms with Gasteiger partial charge in [0.1, 0.15) is 0 Å². The molecule has 0 radical (unpaired) electrons. The Bertz CT molecular complexity index is 608. The molecule has 1 aromatic carbocycles. The van der Waals surface area contributed by atoms with E-state index in [4.69, 9.17) is 15.1 Å². The maximum Gasteiger partial charge on any atom is 0.160 e. The molecule has 1 heterocycles. The zero-order valence-corrected chi connectivity index (χ0v) is 11.3. The van der Waals surface area contributed by atoms with E-state index in [2.05, 4.69) is 29.5 Å². The number of nitrogens with one attached hydrogen (secondary N) is 1. The molecule has 3 N–H and O–H groups in total. The molecule has 6 nitrogen and oxygen atoms in total. The molecule has 1 aliphatic rings. The van der Waals surface area contributed by atoms with Crippen LogP contribution in [0.5, 0.6) is 0 Å². The number of methoxy groups -OCH3 is 1. The van der Waals surface area contributed by atoms with Gasteiger partial charge in [0.25, 0.3) is 0 Å². The molecule has 0 amide bonds. The first-order chi connectivity index (χ1) is 9.04. The van der Waals surface area contributed by atoms with Crippen molar-refractivity contribution in [2.45, 2.75) is 32.4 Å².